The molecule has 0 rings (SSSR count). The van der Waals surface area contributed by atoms with Crippen LogP contribution in [0.25, 0.3) is 0 Å². The van der Waals surface area contributed by atoms with Gasteiger partial charge in [0.1, 0.15) is 6.67 Å². The summed E-state index contributed by atoms with van der Waals surface area (Å²) in [4.78, 5) is 2.46. The minimum absolute atomic E-state index is 0.357. The molecule has 0 aromatic heterocycles. The summed E-state index contributed by atoms with van der Waals surface area (Å²) in [5.41, 5.74) is 0. The molecule has 2 nitrogen and oxygen atoms in total. The summed E-state index contributed by atoms with van der Waals surface area (Å²) in [6.07, 6.45) is 4.74. The normalized spacial score (nSPS) is 15.9. The first-order valence-electron chi connectivity index (χ1n) is 6.26. The molecule has 16 heavy (non-hydrogen) atoms. The van der Waals surface area contributed by atoms with Crippen molar-refractivity contribution in [1.82, 2.24) is 10.2 Å². The Labute approximate surface area is 99.9 Å². The summed E-state index contributed by atoms with van der Waals surface area (Å²) < 4.78 is 12.0. The zero-order chi connectivity index (χ0) is 12.4. The molecular formula is C13H27FN2. The second kappa shape index (κ2) is 9.79. The van der Waals surface area contributed by atoms with Crippen molar-refractivity contribution in [3.05, 3.63) is 12.2 Å². The molecule has 96 valence electrons. The van der Waals surface area contributed by atoms with Crippen molar-refractivity contribution in [3.8, 4) is 0 Å². The second-order valence-electron chi connectivity index (χ2n) is 4.46. The van der Waals surface area contributed by atoms with Crippen LogP contribution in [0.1, 0.15) is 27.2 Å². The molecule has 0 bridgehead atoms. The Balaban J connectivity index is 4.14. The molecule has 0 radical (unpaired) electrons. The highest BCUT2D eigenvalue weighted by atomic mass is 19.1. The third kappa shape index (κ3) is 6.96. The smallest absolute Gasteiger partial charge is 0.108 e. The molecule has 0 aliphatic carbocycles. The van der Waals surface area contributed by atoms with Gasteiger partial charge in [-0.15, -0.1) is 0 Å². The number of allylic oxidation sites excluding steroid dienone is 1. The van der Waals surface area contributed by atoms with Gasteiger partial charge < -0.3 is 5.32 Å². The number of likely N-dealkylation sites (N-methyl/N-ethyl adjacent to an activating group) is 1. The van der Waals surface area contributed by atoms with Crippen LogP contribution in [0, 0.1) is 5.92 Å². The topological polar surface area (TPSA) is 15.3 Å². The first-order chi connectivity index (χ1) is 7.65. The molecule has 2 atom stereocenters. The standard InChI is InChI=1S/C13H27FN2/c1-5-9-16(13(3)10-15-4)11-12(2)7-6-8-14/h6-7,12-13,15H,5,8-11H2,1-4H3/b7-6-. The van der Waals surface area contributed by atoms with Gasteiger partial charge in [0.2, 0.25) is 0 Å². The van der Waals surface area contributed by atoms with E-state index in [1.165, 1.54) is 0 Å². The number of halogens is 1. The fraction of sp³-hybridized carbons (Fsp3) is 0.846. The molecule has 0 spiro atoms. The number of hydrogen-bond donors (Lipinski definition) is 1. The van der Waals surface area contributed by atoms with Crippen LogP contribution in [0.3, 0.4) is 0 Å². The maximum absolute atomic E-state index is 12.0. The van der Waals surface area contributed by atoms with Crippen molar-refractivity contribution < 1.29 is 4.39 Å². The number of hydrogen-bond acceptors (Lipinski definition) is 2. The Kier molecular flexibility index (Phi) is 9.54. The van der Waals surface area contributed by atoms with E-state index < -0.39 is 0 Å². The maximum atomic E-state index is 12.0. The van der Waals surface area contributed by atoms with Crippen molar-refractivity contribution in [2.24, 2.45) is 5.92 Å². The number of alkyl halides is 1. The molecule has 0 fully saturated rings. The maximum Gasteiger partial charge on any atom is 0.108 e. The predicted octanol–water partition coefficient (Wildman–Crippen LogP) is 2.47. The van der Waals surface area contributed by atoms with Crippen molar-refractivity contribution in [1.29, 1.82) is 0 Å². The fourth-order valence-electron chi connectivity index (χ4n) is 1.92. The Morgan fingerprint density at radius 3 is 2.56 bits per heavy atom. The van der Waals surface area contributed by atoms with Crippen LogP contribution in [-0.4, -0.2) is 44.3 Å². The molecule has 0 aromatic carbocycles. The third-order valence-corrected chi connectivity index (χ3v) is 2.71. The Hall–Kier alpha value is -0.410. The van der Waals surface area contributed by atoms with Crippen LogP contribution in [0.2, 0.25) is 0 Å². The van der Waals surface area contributed by atoms with Crippen molar-refractivity contribution >= 4 is 0 Å². The van der Waals surface area contributed by atoms with E-state index in [1.54, 1.807) is 6.08 Å². The average Bonchev–Trinajstić information content (AvgIpc) is 2.26. The van der Waals surface area contributed by atoms with E-state index >= 15 is 0 Å². The second-order valence-corrected chi connectivity index (χ2v) is 4.46. The van der Waals surface area contributed by atoms with Gasteiger partial charge in [0.25, 0.3) is 0 Å². The monoisotopic (exact) mass is 230 g/mol. The molecule has 2 unspecified atom stereocenters. The van der Waals surface area contributed by atoms with E-state index in [1.807, 2.05) is 13.1 Å². The van der Waals surface area contributed by atoms with Crippen molar-refractivity contribution in [2.75, 3.05) is 33.4 Å². The van der Waals surface area contributed by atoms with E-state index in [2.05, 4.69) is 31.0 Å². The molecule has 0 aromatic rings. The lowest BCUT2D eigenvalue weighted by Crippen LogP contribution is -2.42. The van der Waals surface area contributed by atoms with Gasteiger partial charge in [0.05, 0.1) is 0 Å². The first-order valence-corrected chi connectivity index (χ1v) is 6.26. The van der Waals surface area contributed by atoms with Gasteiger partial charge in [-0.1, -0.05) is 26.0 Å². The number of rotatable bonds is 9. The van der Waals surface area contributed by atoms with Crippen LogP contribution in [0.4, 0.5) is 4.39 Å². The van der Waals surface area contributed by atoms with E-state index in [-0.39, 0.29) is 6.67 Å². The molecular weight excluding hydrogens is 203 g/mol. The van der Waals surface area contributed by atoms with Crippen LogP contribution in [0.15, 0.2) is 12.2 Å². The van der Waals surface area contributed by atoms with Crippen LogP contribution < -0.4 is 5.32 Å². The van der Waals surface area contributed by atoms with E-state index in [0.29, 0.717) is 12.0 Å². The van der Waals surface area contributed by atoms with E-state index in [0.717, 1.165) is 26.1 Å². The minimum atomic E-state index is -0.357. The molecule has 0 amide bonds. The van der Waals surface area contributed by atoms with Crippen molar-refractivity contribution in [3.63, 3.8) is 0 Å². The van der Waals surface area contributed by atoms with Gasteiger partial charge in [0.15, 0.2) is 0 Å². The Morgan fingerprint density at radius 1 is 1.38 bits per heavy atom. The number of nitrogens with zero attached hydrogens (tertiary/aromatic N) is 1. The molecule has 3 heteroatoms. The largest absolute Gasteiger partial charge is 0.318 e. The lowest BCUT2D eigenvalue weighted by atomic mass is 10.1. The molecule has 0 heterocycles. The molecule has 0 saturated carbocycles. The van der Waals surface area contributed by atoms with Crippen molar-refractivity contribution in [2.45, 2.75) is 33.2 Å². The van der Waals surface area contributed by atoms with Gasteiger partial charge in [0, 0.05) is 19.1 Å². The fourth-order valence-corrected chi connectivity index (χ4v) is 1.92. The van der Waals surface area contributed by atoms with Gasteiger partial charge >= 0.3 is 0 Å². The average molecular weight is 230 g/mol. The summed E-state index contributed by atoms with van der Waals surface area (Å²) in [6.45, 7) is 9.33. The molecule has 0 aliphatic heterocycles. The lowest BCUT2D eigenvalue weighted by molar-refractivity contribution is 0.191. The van der Waals surface area contributed by atoms with Gasteiger partial charge in [-0.3, -0.25) is 4.90 Å². The quantitative estimate of drug-likeness (QED) is 0.612. The van der Waals surface area contributed by atoms with Gasteiger partial charge in [-0.05, 0) is 32.9 Å². The van der Waals surface area contributed by atoms with Crippen LogP contribution in [-0.2, 0) is 0 Å². The summed E-state index contributed by atoms with van der Waals surface area (Å²) >= 11 is 0. The highest BCUT2D eigenvalue weighted by Crippen LogP contribution is 2.07. The van der Waals surface area contributed by atoms with E-state index in [9.17, 15) is 4.39 Å². The molecule has 0 aliphatic rings. The zero-order valence-corrected chi connectivity index (χ0v) is 11.2. The van der Waals surface area contributed by atoms with Gasteiger partial charge in [-0.25, -0.2) is 4.39 Å². The molecule has 0 saturated heterocycles. The SMILES string of the molecule is CCCN(CC(C)/C=C\CF)C(C)CNC. The Morgan fingerprint density at radius 2 is 2.06 bits per heavy atom. The zero-order valence-electron chi connectivity index (χ0n) is 11.2. The Bertz CT molecular complexity index is 183. The highest BCUT2D eigenvalue weighted by molar-refractivity contribution is 4.88. The highest BCUT2D eigenvalue weighted by Gasteiger charge is 2.13. The summed E-state index contributed by atoms with van der Waals surface area (Å²) in [5, 5.41) is 3.20. The number of nitrogens with one attached hydrogen (secondary N) is 1. The third-order valence-electron chi connectivity index (χ3n) is 2.71. The summed E-state index contributed by atoms with van der Waals surface area (Å²) in [7, 11) is 1.98. The summed E-state index contributed by atoms with van der Waals surface area (Å²) in [5.74, 6) is 0.418. The van der Waals surface area contributed by atoms with Crippen LogP contribution >= 0.6 is 0 Å². The van der Waals surface area contributed by atoms with E-state index in [4.69, 9.17) is 0 Å². The first kappa shape index (κ1) is 15.6. The van der Waals surface area contributed by atoms with Crippen LogP contribution in [0.5, 0.6) is 0 Å². The predicted molar refractivity (Wildman–Crippen MR) is 69.5 cm³/mol. The molecule has 1 N–H and O–H groups in total. The van der Waals surface area contributed by atoms with Gasteiger partial charge in [-0.2, -0.15) is 0 Å². The summed E-state index contributed by atoms with van der Waals surface area (Å²) in [6, 6.07) is 0.533. The minimum Gasteiger partial charge on any atom is -0.318 e. The lowest BCUT2D eigenvalue weighted by Gasteiger charge is -2.30.